The second-order valence-corrected chi connectivity index (χ2v) is 13.6. The topological polar surface area (TPSA) is 76.7 Å². The number of carbonyl (C=O) groups is 2. The van der Waals surface area contributed by atoms with Gasteiger partial charge in [0, 0.05) is 68.3 Å². The van der Waals surface area contributed by atoms with Crippen molar-refractivity contribution in [3.8, 4) is 0 Å². The highest BCUT2D eigenvalue weighted by Crippen LogP contribution is 2.48. The van der Waals surface area contributed by atoms with E-state index in [1.54, 1.807) is 62.4 Å². The lowest BCUT2D eigenvalue weighted by atomic mass is 9.82. The van der Waals surface area contributed by atoms with Crippen molar-refractivity contribution >= 4 is 58.2 Å². The SMILES string of the molecule is CC1=C(C(=O)NCCNC(=O)C2=C(C)OC(c3ccc(Cl)cc3)(c3ccc(Cl)cc3)C2)CC(c2ccc(Cl)cc2)(c2ccc(Cl)cc2)O1. The van der Waals surface area contributed by atoms with Crippen LogP contribution >= 0.6 is 46.4 Å². The highest BCUT2D eigenvalue weighted by Gasteiger charge is 2.46. The molecule has 0 radical (unpaired) electrons. The Labute approximate surface area is 299 Å². The van der Waals surface area contributed by atoms with Gasteiger partial charge in [-0.1, -0.05) is 94.9 Å². The number of nitrogens with one attached hydrogen (secondary N) is 2. The first-order valence-electron chi connectivity index (χ1n) is 15.4. The summed E-state index contributed by atoms with van der Waals surface area (Å²) >= 11 is 24.7. The van der Waals surface area contributed by atoms with Crippen LogP contribution in [0.2, 0.25) is 20.1 Å². The van der Waals surface area contributed by atoms with Gasteiger partial charge in [0.25, 0.3) is 11.8 Å². The molecule has 0 saturated heterocycles. The Morgan fingerprint density at radius 1 is 0.521 bits per heavy atom. The quantitative estimate of drug-likeness (QED) is 0.169. The fraction of sp³-hybridized carbons (Fsp3) is 0.211. The number of hydrogen-bond acceptors (Lipinski definition) is 4. The van der Waals surface area contributed by atoms with Gasteiger partial charge in [-0.25, -0.2) is 0 Å². The standard InChI is InChI=1S/C38H32Cl4N2O4/c1-23-33(21-37(47-23,25-3-11-29(39)12-4-25)26-5-13-30(40)14-6-26)35(45)43-19-20-44-36(46)34-22-38(48-24(34)2,27-7-15-31(41)16-8-27)28-9-17-32(42)18-10-28/h3-18H,19-22H2,1-2H3,(H,43,45)(H,44,46). The normalized spacial score (nSPS) is 16.4. The van der Waals surface area contributed by atoms with Gasteiger partial charge >= 0.3 is 0 Å². The van der Waals surface area contributed by atoms with Crippen LogP contribution in [0.3, 0.4) is 0 Å². The molecule has 2 aliphatic rings. The molecule has 0 atom stereocenters. The number of ether oxygens (including phenoxy) is 2. The zero-order valence-corrected chi connectivity index (χ0v) is 29.2. The van der Waals surface area contributed by atoms with Gasteiger partial charge in [0.05, 0.1) is 11.1 Å². The fourth-order valence-corrected chi connectivity index (χ4v) is 6.87. The predicted octanol–water partition coefficient (Wildman–Crippen LogP) is 9.11. The maximum atomic E-state index is 13.5. The molecule has 0 aromatic heterocycles. The maximum Gasteiger partial charge on any atom is 0.250 e. The van der Waals surface area contributed by atoms with Crippen LogP contribution in [-0.4, -0.2) is 24.9 Å². The third kappa shape index (κ3) is 6.68. The van der Waals surface area contributed by atoms with Crippen molar-refractivity contribution in [1.29, 1.82) is 0 Å². The number of rotatable bonds is 9. The molecule has 0 unspecified atom stereocenters. The van der Waals surface area contributed by atoms with Crippen LogP contribution in [0, 0.1) is 0 Å². The Balaban J connectivity index is 1.11. The average molecular weight is 722 g/mol. The first kappa shape index (κ1) is 33.9. The fourth-order valence-electron chi connectivity index (χ4n) is 6.36. The molecule has 4 aromatic carbocycles. The van der Waals surface area contributed by atoms with E-state index in [0.29, 0.717) is 55.6 Å². The average Bonchev–Trinajstić information content (AvgIpc) is 3.62. The second-order valence-electron chi connectivity index (χ2n) is 11.8. The van der Waals surface area contributed by atoms with Gasteiger partial charge in [-0.3, -0.25) is 9.59 Å². The third-order valence-electron chi connectivity index (χ3n) is 8.84. The van der Waals surface area contributed by atoms with Crippen LogP contribution in [0.5, 0.6) is 0 Å². The summed E-state index contributed by atoms with van der Waals surface area (Å²) in [5.74, 6) is 0.503. The van der Waals surface area contributed by atoms with E-state index in [1.165, 1.54) is 0 Å². The van der Waals surface area contributed by atoms with Crippen LogP contribution < -0.4 is 10.6 Å². The number of benzene rings is 4. The molecule has 246 valence electrons. The van der Waals surface area contributed by atoms with E-state index in [0.717, 1.165) is 22.3 Å². The smallest absolute Gasteiger partial charge is 0.250 e. The zero-order chi connectivity index (χ0) is 34.1. The van der Waals surface area contributed by atoms with Crippen molar-refractivity contribution in [2.45, 2.75) is 37.9 Å². The number of hydrogen-bond donors (Lipinski definition) is 2. The summed E-state index contributed by atoms with van der Waals surface area (Å²) in [4.78, 5) is 26.9. The Bertz CT molecular complexity index is 1670. The Hall–Kier alpha value is -3.94. The van der Waals surface area contributed by atoms with Crippen LogP contribution in [0.4, 0.5) is 0 Å². The Morgan fingerprint density at radius 2 is 0.771 bits per heavy atom. The first-order chi connectivity index (χ1) is 23.0. The second kappa shape index (κ2) is 13.9. The van der Waals surface area contributed by atoms with Gasteiger partial charge in [0.1, 0.15) is 11.5 Å². The highest BCUT2D eigenvalue weighted by molar-refractivity contribution is 6.31. The largest absolute Gasteiger partial charge is 0.482 e. The maximum absolute atomic E-state index is 13.5. The first-order valence-corrected chi connectivity index (χ1v) is 16.9. The van der Waals surface area contributed by atoms with E-state index in [-0.39, 0.29) is 24.9 Å². The molecule has 4 aromatic rings. The molecular weight excluding hydrogens is 690 g/mol. The molecule has 2 heterocycles. The van der Waals surface area contributed by atoms with Crippen molar-refractivity contribution in [3.63, 3.8) is 0 Å². The highest BCUT2D eigenvalue weighted by atomic mass is 35.5. The van der Waals surface area contributed by atoms with Crippen LogP contribution in [0.15, 0.2) is 120 Å². The van der Waals surface area contributed by atoms with Crippen molar-refractivity contribution in [2.24, 2.45) is 0 Å². The van der Waals surface area contributed by atoms with Crippen molar-refractivity contribution < 1.29 is 19.1 Å². The summed E-state index contributed by atoms with van der Waals surface area (Å²) in [6, 6.07) is 29.6. The number of amides is 2. The van der Waals surface area contributed by atoms with E-state index >= 15 is 0 Å². The lowest BCUT2D eigenvalue weighted by Crippen LogP contribution is -2.36. The summed E-state index contributed by atoms with van der Waals surface area (Å²) in [7, 11) is 0. The van der Waals surface area contributed by atoms with Gasteiger partial charge in [-0.05, 0) is 62.4 Å². The zero-order valence-electron chi connectivity index (χ0n) is 26.2. The lowest BCUT2D eigenvalue weighted by Gasteiger charge is -2.31. The van der Waals surface area contributed by atoms with Crippen LogP contribution in [0.1, 0.15) is 48.9 Å². The van der Waals surface area contributed by atoms with E-state index in [4.69, 9.17) is 55.9 Å². The number of halogens is 4. The minimum Gasteiger partial charge on any atom is -0.482 e. The van der Waals surface area contributed by atoms with Gasteiger partial charge in [0.2, 0.25) is 0 Å². The third-order valence-corrected chi connectivity index (χ3v) is 9.85. The minimum absolute atomic E-state index is 0.211. The predicted molar refractivity (Wildman–Crippen MR) is 190 cm³/mol. The van der Waals surface area contributed by atoms with Gasteiger partial charge in [-0.15, -0.1) is 0 Å². The van der Waals surface area contributed by atoms with E-state index in [1.807, 2.05) is 48.5 Å². The molecule has 6 nitrogen and oxygen atoms in total. The molecule has 0 fully saturated rings. The number of allylic oxidation sites excluding steroid dienone is 2. The van der Waals surface area contributed by atoms with Gasteiger partial charge in [-0.2, -0.15) is 0 Å². The van der Waals surface area contributed by atoms with Crippen LogP contribution in [-0.2, 0) is 30.3 Å². The Kier molecular flexibility index (Phi) is 9.82. The summed E-state index contributed by atoms with van der Waals surface area (Å²) in [5.41, 5.74) is 2.63. The monoisotopic (exact) mass is 720 g/mol. The van der Waals surface area contributed by atoms with E-state index in [2.05, 4.69) is 10.6 Å². The van der Waals surface area contributed by atoms with Crippen molar-refractivity contribution in [1.82, 2.24) is 10.6 Å². The summed E-state index contributed by atoms with van der Waals surface area (Å²) in [6.45, 7) is 3.99. The Morgan fingerprint density at radius 3 is 1.02 bits per heavy atom. The molecule has 0 saturated carbocycles. The van der Waals surface area contributed by atoms with Crippen LogP contribution in [0.25, 0.3) is 0 Å². The molecule has 2 aliphatic heterocycles. The molecule has 0 bridgehead atoms. The summed E-state index contributed by atoms with van der Waals surface area (Å²) in [6.07, 6.45) is 0.613. The molecule has 0 spiro atoms. The summed E-state index contributed by atoms with van der Waals surface area (Å²) in [5, 5.41) is 8.29. The molecule has 6 rings (SSSR count). The van der Waals surface area contributed by atoms with E-state index < -0.39 is 11.2 Å². The molecular formula is C38H32Cl4N2O4. The molecule has 2 N–H and O–H groups in total. The minimum atomic E-state index is -0.923. The van der Waals surface area contributed by atoms with Crippen molar-refractivity contribution in [2.75, 3.05) is 13.1 Å². The number of carbonyl (C=O) groups excluding carboxylic acids is 2. The molecule has 2 amide bonds. The van der Waals surface area contributed by atoms with Gasteiger partial charge in [0.15, 0.2) is 11.2 Å². The molecule has 10 heteroatoms. The van der Waals surface area contributed by atoms with E-state index in [9.17, 15) is 9.59 Å². The van der Waals surface area contributed by atoms with Gasteiger partial charge < -0.3 is 20.1 Å². The molecule has 48 heavy (non-hydrogen) atoms. The van der Waals surface area contributed by atoms with Crippen molar-refractivity contribution in [3.05, 3.63) is 162 Å². The molecule has 0 aliphatic carbocycles. The summed E-state index contributed by atoms with van der Waals surface area (Å²) < 4.78 is 13.0. The lowest BCUT2D eigenvalue weighted by molar-refractivity contribution is -0.119.